The molecule has 1 aromatic carbocycles. The first-order valence-electron chi connectivity index (χ1n) is 9.85. The molecule has 0 amide bonds. The average Bonchev–Trinajstić information content (AvgIpc) is 2.93. The van der Waals surface area contributed by atoms with Crippen molar-refractivity contribution < 1.29 is 0 Å². The fourth-order valence-electron chi connectivity index (χ4n) is 4.22. The van der Waals surface area contributed by atoms with E-state index < -0.39 is 0 Å². The lowest BCUT2D eigenvalue weighted by Crippen LogP contribution is -2.44. The van der Waals surface area contributed by atoms with Crippen LogP contribution in [0, 0.1) is 0 Å². The molecular weight excluding hydrogens is 353 g/mol. The lowest BCUT2D eigenvalue weighted by Gasteiger charge is -2.39. The first-order valence-corrected chi connectivity index (χ1v) is 12.0. The van der Waals surface area contributed by atoms with Crippen molar-refractivity contribution in [2.75, 3.05) is 6.26 Å². The second kappa shape index (κ2) is 9.28. The second-order valence-corrected chi connectivity index (χ2v) is 9.23. The van der Waals surface area contributed by atoms with E-state index in [0.29, 0.717) is 17.8 Å². The first kappa shape index (κ1) is 19.8. The first-order chi connectivity index (χ1) is 12.7. The van der Waals surface area contributed by atoms with Gasteiger partial charge in [-0.3, -0.25) is 0 Å². The van der Waals surface area contributed by atoms with Crippen LogP contribution in [0.15, 0.2) is 63.5 Å². The van der Waals surface area contributed by atoms with Crippen LogP contribution in [0.2, 0.25) is 5.82 Å². The summed E-state index contributed by atoms with van der Waals surface area (Å²) in [5, 5.41) is 0.628. The maximum Gasteiger partial charge on any atom is 0.219 e. The quantitative estimate of drug-likeness (QED) is 0.529. The van der Waals surface area contributed by atoms with Gasteiger partial charge in [0.05, 0.1) is 0 Å². The topological polar surface area (TPSA) is 26.0 Å². The number of nitrogens with two attached hydrogens (primary N) is 1. The molecule has 3 rings (SSSR count). The average molecular weight is 383 g/mol. The Bertz CT molecular complexity index is 702. The third-order valence-corrected chi connectivity index (χ3v) is 8.13. The summed E-state index contributed by atoms with van der Waals surface area (Å²) < 4.78 is 0. The van der Waals surface area contributed by atoms with E-state index in [-0.39, 0.29) is 0 Å². The minimum absolute atomic E-state index is 0.416. The summed E-state index contributed by atoms with van der Waals surface area (Å²) in [5.74, 6) is 0.557. The molecule has 138 valence electrons. The van der Waals surface area contributed by atoms with Crippen molar-refractivity contribution in [2.45, 2.75) is 57.0 Å². The van der Waals surface area contributed by atoms with Crippen molar-refractivity contribution in [3.8, 4) is 0 Å². The molecule has 1 nitrogen and oxygen atoms in total. The Kier molecular flexibility index (Phi) is 7.05. The Morgan fingerprint density at radius 1 is 1.23 bits per heavy atom. The highest BCUT2D eigenvalue weighted by molar-refractivity contribution is 8.05. The fourth-order valence-corrected chi connectivity index (χ4v) is 6.69. The maximum absolute atomic E-state index is 6.58. The van der Waals surface area contributed by atoms with Gasteiger partial charge in [0.1, 0.15) is 0 Å². The molecular formula is C22H30BNS2. The minimum atomic E-state index is 0.416. The van der Waals surface area contributed by atoms with Gasteiger partial charge in [-0.25, -0.2) is 0 Å². The van der Waals surface area contributed by atoms with E-state index in [0.717, 1.165) is 18.5 Å². The molecule has 1 aliphatic carbocycles. The van der Waals surface area contributed by atoms with E-state index in [1.54, 1.807) is 0 Å². The lowest BCUT2D eigenvalue weighted by molar-refractivity contribution is 0.727. The molecule has 2 N–H and O–H groups in total. The predicted molar refractivity (Wildman–Crippen MR) is 122 cm³/mol. The Morgan fingerprint density at radius 3 is 2.65 bits per heavy atom. The van der Waals surface area contributed by atoms with Gasteiger partial charge in [-0.2, -0.15) is 0 Å². The molecule has 1 aromatic rings. The van der Waals surface area contributed by atoms with Crippen molar-refractivity contribution in [3.63, 3.8) is 0 Å². The van der Waals surface area contributed by atoms with Crippen LogP contribution in [0.5, 0.6) is 0 Å². The summed E-state index contributed by atoms with van der Waals surface area (Å²) in [6.07, 6.45) is 12.9. The van der Waals surface area contributed by atoms with Crippen LogP contribution in [-0.4, -0.2) is 18.2 Å². The molecule has 26 heavy (non-hydrogen) atoms. The van der Waals surface area contributed by atoms with E-state index in [1.165, 1.54) is 40.0 Å². The second-order valence-electron chi connectivity index (χ2n) is 7.08. The predicted octanol–water partition coefficient (Wildman–Crippen LogP) is 5.76. The van der Waals surface area contributed by atoms with Gasteiger partial charge >= 0.3 is 0 Å². The van der Waals surface area contributed by atoms with Gasteiger partial charge in [0.15, 0.2) is 0 Å². The van der Waals surface area contributed by atoms with E-state index in [2.05, 4.69) is 74.3 Å². The van der Waals surface area contributed by atoms with E-state index >= 15 is 0 Å². The Labute approximate surface area is 168 Å². The number of thioether (sulfide) groups is 2. The number of allylic oxidation sites excluding steroid dienone is 5. The molecule has 1 unspecified atom stereocenters. The van der Waals surface area contributed by atoms with E-state index in [9.17, 15) is 0 Å². The zero-order valence-corrected chi connectivity index (χ0v) is 17.8. The lowest BCUT2D eigenvalue weighted by atomic mass is 9.31. The molecule has 2 atom stereocenters. The van der Waals surface area contributed by atoms with E-state index in [4.69, 9.17) is 5.73 Å². The van der Waals surface area contributed by atoms with Crippen LogP contribution in [0.3, 0.4) is 0 Å². The number of fused-ring (bicyclic) bond motifs is 1. The van der Waals surface area contributed by atoms with Crippen LogP contribution in [0.25, 0.3) is 0 Å². The Hall–Kier alpha value is -0.995. The summed E-state index contributed by atoms with van der Waals surface area (Å²) in [5.41, 5.74) is 10.6. The molecule has 1 heterocycles. The van der Waals surface area contributed by atoms with Crippen LogP contribution >= 0.6 is 23.5 Å². The maximum atomic E-state index is 6.58. The van der Waals surface area contributed by atoms with Crippen molar-refractivity contribution in [2.24, 2.45) is 5.73 Å². The van der Waals surface area contributed by atoms with Gasteiger partial charge in [-0.05, 0) is 54.6 Å². The molecule has 0 bridgehead atoms. The molecule has 0 spiro atoms. The minimum Gasteiger partial charge on any atom is -0.401 e. The van der Waals surface area contributed by atoms with Gasteiger partial charge in [0.25, 0.3) is 0 Å². The van der Waals surface area contributed by atoms with Gasteiger partial charge in [-0.15, -0.1) is 23.5 Å². The molecule has 0 aromatic heterocycles. The Balaban J connectivity index is 2.24. The van der Waals surface area contributed by atoms with Gasteiger partial charge < -0.3 is 5.73 Å². The normalized spacial score (nSPS) is 27.0. The number of benzene rings is 1. The summed E-state index contributed by atoms with van der Waals surface area (Å²) in [4.78, 5) is 2.87. The highest BCUT2D eigenvalue weighted by atomic mass is 32.2. The molecule has 2 aliphatic rings. The monoisotopic (exact) mass is 383 g/mol. The number of hydrogen-bond donors (Lipinski definition) is 1. The van der Waals surface area contributed by atoms with Crippen molar-refractivity contribution in [3.05, 3.63) is 63.5 Å². The zero-order chi connectivity index (χ0) is 18.5. The van der Waals surface area contributed by atoms with Gasteiger partial charge in [0, 0.05) is 15.9 Å². The van der Waals surface area contributed by atoms with Crippen molar-refractivity contribution in [1.29, 1.82) is 0 Å². The van der Waals surface area contributed by atoms with Crippen LogP contribution < -0.4 is 11.2 Å². The summed E-state index contributed by atoms with van der Waals surface area (Å²) in [6.45, 7) is 4.88. The highest BCUT2D eigenvalue weighted by Crippen LogP contribution is 2.51. The molecule has 0 saturated carbocycles. The van der Waals surface area contributed by atoms with Crippen LogP contribution in [0.4, 0.5) is 0 Å². The third-order valence-electron chi connectivity index (χ3n) is 5.56. The van der Waals surface area contributed by atoms with Crippen LogP contribution in [0.1, 0.15) is 46.0 Å². The standard InChI is InChI=1S/C22H30BNS2/c1-4-18(24)22-21(19(5-2)25-3)23(16-12-8-6-9-13-16)17-14-10-7-11-15-20(17)26-22/h6,8-10,12-14,17,20H,4-5,7,11,15,24H2,1-3H3/b21-19-,22-18-/t17?,20-/m1/s1. The molecule has 0 radical (unpaired) electrons. The molecule has 1 saturated heterocycles. The SMILES string of the molecule is CC/C(N)=C1/S[C@@H]2CCCC=CC2B(c2ccccc2)/C1=C(/CC)SC. The molecule has 1 aliphatic heterocycles. The van der Waals surface area contributed by atoms with Gasteiger partial charge in [-0.1, -0.05) is 61.8 Å². The highest BCUT2D eigenvalue weighted by Gasteiger charge is 2.43. The third kappa shape index (κ3) is 3.96. The van der Waals surface area contributed by atoms with E-state index in [1.807, 2.05) is 11.8 Å². The van der Waals surface area contributed by atoms with Gasteiger partial charge in [0.2, 0.25) is 6.71 Å². The summed E-state index contributed by atoms with van der Waals surface area (Å²) in [7, 11) is 0. The van der Waals surface area contributed by atoms with Crippen molar-refractivity contribution in [1.82, 2.24) is 0 Å². The molecule has 4 heteroatoms. The Morgan fingerprint density at radius 2 is 2.00 bits per heavy atom. The zero-order valence-electron chi connectivity index (χ0n) is 16.2. The summed E-state index contributed by atoms with van der Waals surface area (Å²) in [6, 6.07) is 11.1. The molecule has 1 fully saturated rings. The number of hydrogen-bond acceptors (Lipinski definition) is 3. The summed E-state index contributed by atoms with van der Waals surface area (Å²) >= 11 is 3.96. The van der Waals surface area contributed by atoms with Crippen molar-refractivity contribution >= 4 is 35.7 Å². The number of rotatable bonds is 4. The largest absolute Gasteiger partial charge is 0.401 e. The van der Waals surface area contributed by atoms with Crippen LogP contribution in [-0.2, 0) is 0 Å². The smallest absolute Gasteiger partial charge is 0.219 e. The fraction of sp³-hybridized carbons (Fsp3) is 0.455.